The van der Waals surface area contributed by atoms with Gasteiger partial charge in [0, 0.05) is 23.9 Å². The van der Waals surface area contributed by atoms with Gasteiger partial charge >= 0.3 is 0 Å². The van der Waals surface area contributed by atoms with Crippen molar-refractivity contribution in [2.75, 3.05) is 7.05 Å². The van der Waals surface area contributed by atoms with E-state index >= 15 is 0 Å². The highest BCUT2D eigenvalue weighted by Gasteiger charge is 2.65. The van der Waals surface area contributed by atoms with Gasteiger partial charge in [0.15, 0.2) is 11.5 Å². The zero-order chi connectivity index (χ0) is 21.2. The third-order valence-electron chi connectivity index (χ3n) is 7.90. The van der Waals surface area contributed by atoms with Crippen LogP contribution in [0.3, 0.4) is 0 Å². The number of nitrogens with zero attached hydrogens (tertiary/aromatic N) is 2. The average Bonchev–Trinajstić information content (AvgIpc) is 3.56. The van der Waals surface area contributed by atoms with Gasteiger partial charge in [-0.3, -0.25) is 9.69 Å². The van der Waals surface area contributed by atoms with Crippen LogP contribution in [0.5, 0.6) is 0 Å². The number of aliphatic imine (C=N–C) groups is 1. The van der Waals surface area contributed by atoms with Crippen LogP contribution >= 0.6 is 0 Å². The number of fused-ring (bicyclic) bond motifs is 4. The summed E-state index contributed by atoms with van der Waals surface area (Å²) in [5, 5.41) is 0. The number of nitrogens with two attached hydrogens (primary N) is 1. The number of likely N-dealkylation sites (N-methyl/N-ethyl adjacent to an activating group) is 1. The Kier molecular flexibility index (Phi) is 3.90. The first-order valence-corrected chi connectivity index (χ1v) is 11.4. The Morgan fingerprint density at radius 2 is 1.77 bits per heavy atom. The highest BCUT2D eigenvalue weighted by molar-refractivity contribution is 6.08. The van der Waals surface area contributed by atoms with Crippen molar-refractivity contribution in [3.63, 3.8) is 0 Å². The van der Waals surface area contributed by atoms with Crippen LogP contribution in [0.4, 0.5) is 0 Å². The minimum absolute atomic E-state index is 0.0157. The van der Waals surface area contributed by atoms with Crippen molar-refractivity contribution in [1.82, 2.24) is 4.90 Å². The summed E-state index contributed by atoms with van der Waals surface area (Å²) in [6.45, 7) is 0. The summed E-state index contributed by atoms with van der Waals surface area (Å²) in [5.74, 6) is 7.59. The van der Waals surface area contributed by atoms with E-state index in [1.54, 1.807) is 11.9 Å². The van der Waals surface area contributed by atoms with E-state index in [-0.39, 0.29) is 11.3 Å². The van der Waals surface area contributed by atoms with Crippen LogP contribution in [0.25, 0.3) is 0 Å². The predicted molar refractivity (Wildman–Crippen MR) is 121 cm³/mol. The fourth-order valence-corrected chi connectivity index (χ4v) is 5.96. The third kappa shape index (κ3) is 2.62. The highest BCUT2D eigenvalue weighted by Crippen LogP contribution is 2.60. The zero-order valence-electron chi connectivity index (χ0n) is 17.9. The van der Waals surface area contributed by atoms with Gasteiger partial charge in [0.1, 0.15) is 0 Å². The summed E-state index contributed by atoms with van der Waals surface area (Å²) < 4.78 is 0. The fraction of sp³-hybridized carbons (Fsp3) is 0.407. The van der Waals surface area contributed by atoms with E-state index in [0.717, 1.165) is 43.2 Å². The molecule has 1 heterocycles. The normalized spacial score (nSPS) is 25.6. The number of guanidine groups is 1. The van der Waals surface area contributed by atoms with Gasteiger partial charge < -0.3 is 5.73 Å². The Bertz CT molecular complexity index is 1170. The molecule has 3 aliphatic carbocycles. The predicted octanol–water partition coefficient (Wildman–Crippen LogP) is 3.55. The molecule has 156 valence electrons. The number of aryl methyl sites for hydroxylation is 2. The van der Waals surface area contributed by atoms with Crippen LogP contribution in [0.15, 0.2) is 47.5 Å². The van der Waals surface area contributed by atoms with Crippen LogP contribution in [-0.4, -0.2) is 23.8 Å². The van der Waals surface area contributed by atoms with E-state index in [0.29, 0.717) is 11.9 Å². The van der Waals surface area contributed by atoms with Crippen molar-refractivity contribution >= 4 is 11.9 Å². The monoisotopic (exact) mass is 409 g/mol. The average molecular weight is 410 g/mol. The first-order chi connectivity index (χ1) is 15.0. The van der Waals surface area contributed by atoms with Gasteiger partial charge in [-0.15, -0.1) is 0 Å². The maximum atomic E-state index is 13.8. The minimum atomic E-state index is -0.930. The van der Waals surface area contributed by atoms with E-state index < -0.39 is 5.54 Å². The lowest BCUT2D eigenvalue weighted by Crippen LogP contribution is -2.49. The van der Waals surface area contributed by atoms with Gasteiger partial charge in [-0.25, -0.2) is 4.99 Å². The van der Waals surface area contributed by atoms with Crippen LogP contribution in [0, 0.1) is 23.2 Å². The molecular weight excluding hydrogens is 382 g/mol. The summed E-state index contributed by atoms with van der Waals surface area (Å²) in [4.78, 5) is 20.4. The number of carbonyl (C=O) groups is 1. The van der Waals surface area contributed by atoms with Crippen LogP contribution < -0.4 is 5.73 Å². The van der Waals surface area contributed by atoms with Crippen molar-refractivity contribution in [1.29, 1.82) is 0 Å². The molecule has 4 aliphatic rings. The van der Waals surface area contributed by atoms with Crippen LogP contribution in [0.2, 0.25) is 0 Å². The van der Waals surface area contributed by atoms with Crippen molar-refractivity contribution in [2.45, 2.75) is 50.5 Å². The number of hydrogen-bond donors (Lipinski definition) is 1. The lowest BCUT2D eigenvalue weighted by Gasteiger charge is -2.40. The molecule has 0 radical (unpaired) electrons. The molecule has 0 bridgehead atoms. The van der Waals surface area contributed by atoms with Crippen LogP contribution in [0.1, 0.15) is 53.5 Å². The summed E-state index contributed by atoms with van der Waals surface area (Å²) in [5.41, 5.74) is 11.1. The largest absolute Gasteiger partial charge is 0.369 e. The fourth-order valence-electron chi connectivity index (χ4n) is 5.96. The van der Waals surface area contributed by atoms with Gasteiger partial charge in [-0.2, -0.15) is 0 Å². The van der Waals surface area contributed by atoms with Gasteiger partial charge in [-0.1, -0.05) is 42.2 Å². The number of benzene rings is 2. The quantitative estimate of drug-likeness (QED) is 0.677. The van der Waals surface area contributed by atoms with Gasteiger partial charge in [0.25, 0.3) is 5.91 Å². The molecule has 0 saturated heterocycles. The smallest absolute Gasteiger partial charge is 0.262 e. The molecule has 2 spiro atoms. The lowest BCUT2D eigenvalue weighted by atomic mass is 9.65. The molecule has 4 nitrogen and oxygen atoms in total. The SMILES string of the molecule is CN1C(=O)C2(N=C1N)c1cc(C#CC3CC3)ccc1CC21CCc2ccccc2CC1. The maximum Gasteiger partial charge on any atom is 0.262 e. The Balaban J connectivity index is 1.50. The second-order valence-electron chi connectivity index (χ2n) is 9.69. The van der Waals surface area contributed by atoms with E-state index in [2.05, 4.69) is 54.3 Å². The molecule has 1 fully saturated rings. The Labute approximate surface area is 183 Å². The second kappa shape index (κ2) is 6.47. The molecule has 2 aromatic rings. The molecule has 1 aliphatic heterocycles. The Morgan fingerprint density at radius 3 is 2.39 bits per heavy atom. The van der Waals surface area contributed by atoms with Crippen LogP contribution in [-0.2, 0) is 29.6 Å². The molecule has 0 aromatic heterocycles. The molecule has 6 rings (SSSR count). The minimum Gasteiger partial charge on any atom is -0.369 e. The summed E-state index contributed by atoms with van der Waals surface area (Å²) in [7, 11) is 1.75. The molecule has 1 unspecified atom stereocenters. The first-order valence-electron chi connectivity index (χ1n) is 11.4. The molecule has 1 saturated carbocycles. The standard InChI is InChI=1S/C27H27N3O/c1-30-24(31)27(29-25(30)28)23-16-19(9-8-18-6-7-18)10-11-22(23)17-26(27)14-12-20-4-2-3-5-21(20)13-15-26/h2-5,10-11,16,18H,6-7,12-15,17H2,1H3,(H2,28,29). The number of rotatable bonds is 0. The van der Waals surface area contributed by atoms with E-state index in [9.17, 15) is 4.79 Å². The summed E-state index contributed by atoms with van der Waals surface area (Å²) in [6.07, 6.45) is 7.06. The van der Waals surface area contributed by atoms with E-state index in [1.165, 1.54) is 29.5 Å². The van der Waals surface area contributed by atoms with Crippen molar-refractivity contribution in [2.24, 2.45) is 22.1 Å². The first kappa shape index (κ1) is 18.7. The molecule has 1 amide bonds. The van der Waals surface area contributed by atoms with Gasteiger partial charge in [0.2, 0.25) is 0 Å². The van der Waals surface area contributed by atoms with Crippen molar-refractivity contribution < 1.29 is 4.79 Å². The maximum absolute atomic E-state index is 13.8. The van der Waals surface area contributed by atoms with Gasteiger partial charge in [0.05, 0.1) is 0 Å². The third-order valence-corrected chi connectivity index (χ3v) is 7.90. The molecule has 1 atom stereocenters. The van der Waals surface area contributed by atoms with Gasteiger partial charge in [-0.05, 0) is 79.3 Å². The number of hydrogen-bond acceptors (Lipinski definition) is 3. The van der Waals surface area contributed by atoms with Crippen molar-refractivity contribution in [3.8, 4) is 11.8 Å². The Hall–Kier alpha value is -3.06. The number of carbonyl (C=O) groups excluding carboxylic acids is 1. The lowest BCUT2D eigenvalue weighted by molar-refractivity contribution is -0.135. The topological polar surface area (TPSA) is 58.7 Å². The summed E-state index contributed by atoms with van der Waals surface area (Å²) >= 11 is 0. The van der Waals surface area contributed by atoms with E-state index in [4.69, 9.17) is 10.7 Å². The molecular formula is C27H27N3O. The van der Waals surface area contributed by atoms with Crippen molar-refractivity contribution in [3.05, 3.63) is 70.3 Å². The zero-order valence-corrected chi connectivity index (χ0v) is 17.9. The number of amides is 1. The molecule has 4 heteroatoms. The highest BCUT2D eigenvalue weighted by atomic mass is 16.2. The second-order valence-corrected chi connectivity index (χ2v) is 9.69. The Morgan fingerprint density at radius 1 is 1.06 bits per heavy atom. The molecule has 31 heavy (non-hydrogen) atoms. The summed E-state index contributed by atoms with van der Waals surface area (Å²) in [6, 6.07) is 15.1. The van der Waals surface area contributed by atoms with E-state index in [1.807, 2.05) is 0 Å². The molecule has 2 aromatic carbocycles. The molecule has 2 N–H and O–H groups in total.